The number of hydrogen-bond acceptors (Lipinski definition) is 5. The highest BCUT2D eigenvalue weighted by atomic mass is 16.5. The lowest BCUT2D eigenvalue weighted by Crippen LogP contribution is -2.28. The second-order valence-corrected chi connectivity index (χ2v) is 6.72. The summed E-state index contributed by atoms with van der Waals surface area (Å²) in [5.74, 6) is 0.800. The fraction of sp³-hybridized carbons (Fsp3) is 0.136. The second kappa shape index (κ2) is 8.38. The highest BCUT2D eigenvalue weighted by molar-refractivity contribution is 6.61. The molecule has 2 N–H and O–H groups in total. The van der Waals surface area contributed by atoms with E-state index in [-0.39, 0.29) is 6.42 Å². The van der Waals surface area contributed by atoms with E-state index in [9.17, 15) is 9.82 Å². The Morgan fingerprint density at radius 2 is 1.72 bits per heavy atom. The minimum atomic E-state index is -1.17. The van der Waals surface area contributed by atoms with Gasteiger partial charge in [0.1, 0.15) is 23.9 Å². The lowest BCUT2D eigenvalue weighted by atomic mass is 9.79. The second-order valence-electron chi connectivity index (χ2n) is 6.72. The maximum atomic E-state index is 11.0. The number of aliphatic carboxylic acids is 1. The Balaban J connectivity index is 1.46. The number of carboxylic acids is 1. The summed E-state index contributed by atoms with van der Waals surface area (Å²) in [6, 6.07) is 22.3. The minimum Gasteiger partial charge on any atom is -0.489 e. The molecular weight excluding hydrogens is 371 g/mol. The third kappa shape index (κ3) is 4.59. The molecule has 6 nitrogen and oxygen atoms in total. The van der Waals surface area contributed by atoms with Gasteiger partial charge in [0, 0.05) is 6.07 Å². The first-order valence-electron chi connectivity index (χ1n) is 9.22. The molecule has 7 heteroatoms. The largest absolute Gasteiger partial charge is 0.492 e. The fourth-order valence-corrected chi connectivity index (χ4v) is 3.25. The lowest BCUT2D eigenvalue weighted by Gasteiger charge is -2.11. The molecule has 3 aromatic rings. The Bertz CT molecular complexity index is 1010. The normalized spacial score (nSPS) is 15.1. The van der Waals surface area contributed by atoms with Crippen molar-refractivity contribution in [2.75, 3.05) is 0 Å². The molecule has 0 radical (unpaired) electrons. The molecule has 1 atom stereocenters. The summed E-state index contributed by atoms with van der Waals surface area (Å²) in [6.07, 6.45) is -0.869. The van der Waals surface area contributed by atoms with E-state index in [0.29, 0.717) is 34.9 Å². The molecule has 0 fully saturated rings. The van der Waals surface area contributed by atoms with Crippen molar-refractivity contribution in [2.24, 2.45) is 0 Å². The standard InChI is InChI=1S/C22H19BO6/c24-22(25)13-21-19-10-9-18(12-20(19)23(26)29-21)28-17-8-4-7-16(11-17)27-14-15-5-2-1-3-6-15/h1-12,21,26H,13-14H2,(H,24,25). The molecule has 0 aromatic heterocycles. The summed E-state index contributed by atoms with van der Waals surface area (Å²) in [7, 11) is -1.17. The summed E-state index contributed by atoms with van der Waals surface area (Å²) in [4.78, 5) is 11.0. The number of carbonyl (C=O) groups is 1. The maximum absolute atomic E-state index is 11.0. The fourth-order valence-electron chi connectivity index (χ4n) is 3.25. The van der Waals surface area contributed by atoms with Gasteiger partial charge in [-0.1, -0.05) is 42.5 Å². The SMILES string of the molecule is O=C(O)CC1OB(O)c2cc(Oc3cccc(OCc4ccccc4)c3)ccc21. The van der Waals surface area contributed by atoms with E-state index in [1.54, 1.807) is 24.3 Å². The molecule has 1 unspecified atom stereocenters. The van der Waals surface area contributed by atoms with Gasteiger partial charge in [0.25, 0.3) is 0 Å². The van der Waals surface area contributed by atoms with Crippen LogP contribution in [0, 0.1) is 0 Å². The Kier molecular flexibility index (Phi) is 5.51. The predicted molar refractivity (Wildman–Crippen MR) is 107 cm³/mol. The van der Waals surface area contributed by atoms with Gasteiger partial charge in [-0.15, -0.1) is 0 Å². The van der Waals surface area contributed by atoms with Crippen molar-refractivity contribution in [3.8, 4) is 17.2 Å². The molecule has 0 spiro atoms. The third-order valence-electron chi connectivity index (χ3n) is 4.61. The van der Waals surface area contributed by atoms with Crippen LogP contribution in [0.5, 0.6) is 17.2 Å². The summed E-state index contributed by atoms with van der Waals surface area (Å²) in [6.45, 7) is 0.456. The molecule has 146 valence electrons. The van der Waals surface area contributed by atoms with Gasteiger partial charge in [-0.3, -0.25) is 4.79 Å². The topological polar surface area (TPSA) is 85.2 Å². The van der Waals surface area contributed by atoms with Gasteiger partial charge in [-0.25, -0.2) is 0 Å². The number of fused-ring (bicyclic) bond motifs is 1. The van der Waals surface area contributed by atoms with Crippen LogP contribution in [0.4, 0.5) is 0 Å². The molecular formula is C22H19BO6. The van der Waals surface area contributed by atoms with E-state index < -0.39 is 19.2 Å². The van der Waals surface area contributed by atoms with Gasteiger partial charge in [0.15, 0.2) is 0 Å². The Morgan fingerprint density at radius 3 is 2.52 bits per heavy atom. The third-order valence-corrected chi connectivity index (χ3v) is 4.61. The Morgan fingerprint density at radius 1 is 0.966 bits per heavy atom. The molecule has 0 bridgehead atoms. The summed E-state index contributed by atoms with van der Waals surface area (Å²) in [5, 5.41) is 19.1. The van der Waals surface area contributed by atoms with Crippen LogP contribution in [0.2, 0.25) is 0 Å². The van der Waals surface area contributed by atoms with E-state index >= 15 is 0 Å². The van der Waals surface area contributed by atoms with Crippen molar-refractivity contribution < 1.29 is 29.1 Å². The van der Waals surface area contributed by atoms with Crippen LogP contribution >= 0.6 is 0 Å². The van der Waals surface area contributed by atoms with Crippen molar-refractivity contribution in [2.45, 2.75) is 19.1 Å². The molecule has 1 heterocycles. The average molecular weight is 390 g/mol. The molecule has 4 rings (SSSR count). The van der Waals surface area contributed by atoms with Gasteiger partial charge in [0.2, 0.25) is 0 Å². The molecule has 1 aliphatic heterocycles. The van der Waals surface area contributed by atoms with Crippen LogP contribution in [0.15, 0.2) is 72.8 Å². The highest BCUT2D eigenvalue weighted by Crippen LogP contribution is 2.31. The predicted octanol–water partition coefficient (Wildman–Crippen LogP) is 3.29. The van der Waals surface area contributed by atoms with Gasteiger partial charge < -0.3 is 24.3 Å². The number of carboxylic acid groups (broad SMARTS) is 1. The van der Waals surface area contributed by atoms with Crippen LogP contribution in [-0.2, 0) is 16.1 Å². The molecule has 1 aliphatic rings. The van der Waals surface area contributed by atoms with Crippen LogP contribution in [0.3, 0.4) is 0 Å². The Hall–Kier alpha value is -3.29. The zero-order chi connectivity index (χ0) is 20.2. The van der Waals surface area contributed by atoms with Crippen molar-refractivity contribution >= 4 is 18.6 Å². The van der Waals surface area contributed by atoms with Crippen molar-refractivity contribution in [3.63, 3.8) is 0 Å². The number of rotatable bonds is 7. The zero-order valence-corrected chi connectivity index (χ0v) is 15.5. The first-order chi connectivity index (χ1) is 14.1. The quantitative estimate of drug-likeness (QED) is 0.603. The highest BCUT2D eigenvalue weighted by Gasteiger charge is 2.36. The van der Waals surface area contributed by atoms with Crippen LogP contribution < -0.4 is 14.9 Å². The molecule has 0 saturated heterocycles. The van der Waals surface area contributed by atoms with Gasteiger partial charge in [0.05, 0.1) is 12.5 Å². The lowest BCUT2D eigenvalue weighted by molar-refractivity contribution is -0.138. The molecule has 0 saturated carbocycles. The molecule has 29 heavy (non-hydrogen) atoms. The van der Waals surface area contributed by atoms with Gasteiger partial charge in [-0.05, 0) is 40.9 Å². The molecule has 0 aliphatic carbocycles. The summed E-state index contributed by atoms with van der Waals surface area (Å²) < 4.78 is 17.1. The Labute approximate surface area is 168 Å². The first kappa shape index (κ1) is 19.0. The van der Waals surface area contributed by atoms with Gasteiger partial charge in [-0.2, -0.15) is 0 Å². The van der Waals surface area contributed by atoms with E-state index in [1.807, 2.05) is 48.5 Å². The van der Waals surface area contributed by atoms with Crippen molar-refractivity contribution in [1.29, 1.82) is 0 Å². The van der Waals surface area contributed by atoms with Gasteiger partial charge >= 0.3 is 13.1 Å². The van der Waals surface area contributed by atoms with E-state index in [4.69, 9.17) is 19.2 Å². The average Bonchev–Trinajstić information content (AvgIpc) is 3.02. The monoisotopic (exact) mass is 390 g/mol. The summed E-state index contributed by atoms with van der Waals surface area (Å²) in [5.41, 5.74) is 2.25. The maximum Gasteiger partial charge on any atom is 0.492 e. The number of ether oxygens (including phenoxy) is 2. The summed E-state index contributed by atoms with van der Waals surface area (Å²) >= 11 is 0. The molecule has 3 aromatic carbocycles. The zero-order valence-electron chi connectivity index (χ0n) is 15.5. The first-order valence-corrected chi connectivity index (χ1v) is 9.22. The van der Waals surface area contributed by atoms with Crippen LogP contribution in [-0.4, -0.2) is 23.2 Å². The minimum absolute atomic E-state index is 0.203. The van der Waals surface area contributed by atoms with Crippen LogP contribution in [0.1, 0.15) is 23.7 Å². The van der Waals surface area contributed by atoms with E-state index in [1.165, 1.54) is 0 Å². The van der Waals surface area contributed by atoms with Crippen LogP contribution in [0.25, 0.3) is 0 Å². The van der Waals surface area contributed by atoms with E-state index in [2.05, 4.69) is 0 Å². The van der Waals surface area contributed by atoms with E-state index in [0.717, 1.165) is 5.56 Å². The number of benzene rings is 3. The molecule has 0 amide bonds. The number of hydrogen-bond donors (Lipinski definition) is 2. The van der Waals surface area contributed by atoms with Crippen molar-refractivity contribution in [3.05, 3.63) is 83.9 Å². The van der Waals surface area contributed by atoms with Crippen molar-refractivity contribution in [1.82, 2.24) is 0 Å². The smallest absolute Gasteiger partial charge is 0.489 e.